The fourth-order valence-electron chi connectivity index (χ4n) is 3.36. The summed E-state index contributed by atoms with van der Waals surface area (Å²) < 4.78 is 10.1. The molecule has 1 aliphatic rings. The molecule has 1 heterocycles. The van der Waals surface area contributed by atoms with Crippen LogP contribution in [0.1, 0.15) is 35.2 Å². The third-order valence-electron chi connectivity index (χ3n) is 5.00. The molecule has 1 saturated heterocycles. The molecule has 162 valence electrons. The quantitative estimate of drug-likeness (QED) is 0.259. The Balaban J connectivity index is 0.00000420. The molecule has 0 aromatic heterocycles. The minimum atomic E-state index is -0.429. The molecule has 1 fully saturated rings. The van der Waals surface area contributed by atoms with E-state index in [0.29, 0.717) is 30.2 Å². The van der Waals surface area contributed by atoms with Crippen LogP contribution in [0, 0.1) is 5.92 Å². The highest BCUT2D eigenvalue weighted by Crippen LogP contribution is 2.22. The number of nitrogens with zero attached hydrogens (tertiary/aromatic N) is 2. The second-order valence-electron chi connectivity index (χ2n) is 6.73. The summed E-state index contributed by atoms with van der Waals surface area (Å²) in [7, 11) is 6.30. The molecule has 1 aliphatic heterocycles. The maximum atomic E-state index is 11.9. The standard InChI is InChI=1S/C20H30N4O4.HI/c1-21-18(25)12-14-7-9-24(10-8-14)20(22-2)23-13-15-5-6-17(27-3)16(11-15)19(26)28-4;/h5-6,11,14H,7-10,12-13H2,1-4H3,(H,21,25)(H,22,23);1H. The second kappa shape index (κ2) is 12.5. The number of hydrogen-bond acceptors (Lipinski definition) is 5. The predicted molar refractivity (Wildman–Crippen MR) is 123 cm³/mol. The molecule has 1 amide bonds. The first-order chi connectivity index (χ1) is 13.5. The molecule has 0 spiro atoms. The number of carbonyl (C=O) groups excluding carboxylic acids is 2. The third kappa shape index (κ3) is 7.06. The number of rotatable bonds is 6. The number of benzene rings is 1. The number of carbonyl (C=O) groups is 2. The number of aliphatic imine (C=N–C) groups is 1. The number of ether oxygens (including phenoxy) is 2. The van der Waals surface area contributed by atoms with E-state index in [1.54, 1.807) is 26.2 Å². The number of piperidine rings is 1. The Morgan fingerprint density at radius 1 is 1.24 bits per heavy atom. The van der Waals surface area contributed by atoms with E-state index in [9.17, 15) is 9.59 Å². The summed E-state index contributed by atoms with van der Waals surface area (Å²) in [6.07, 6.45) is 2.50. The summed E-state index contributed by atoms with van der Waals surface area (Å²) >= 11 is 0. The molecule has 8 nitrogen and oxygen atoms in total. The van der Waals surface area contributed by atoms with Gasteiger partial charge in [0.1, 0.15) is 11.3 Å². The molecule has 0 bridgehead atoms. The molecular weight excluding hydrogens is 487 g/mol. The summed E-state index contributed by atoms with van der Waals surface area (Å²) in [5.74, 6) is 1.38. The Hall–Kier alpha value is -2.04. The molecule has 0 radical (unpaired) electrons. The van der Waals surface area contributed by atoms with Gasteiger partial charge in [0.2, 0.25) is 5.91 Å². The summed E-state index contributed by atoms with van der Waals surface area (Å²) in [6, 6.07) is 5.43. The molecule has 1 aromatic rings. The fraction of sp³-hybridized carbons (Fsp3) is 0.550. The maximum absolute atomic E-state index is 11.9. The number of methoxy groups -OCH3 is 2. The molecular formula is C20H31IN4O4. The molecule has 0 aliphatic carbocycles. The zero-order valence-corrected chi connectivity index (χ0v) is 19.8. The van der Waals surface area contributed by atoms with E-state index in [-0.39, 0.29) is 29.9 Å². The lowest BCUT2D eigenvalue weighted by Crippen LogP contribution is -2.45. The van der Waals surface area contributed by atoms with Crippen LogP contribution in [0.2, 0.25) is 0 Å². The molecule has 0 atom stereocenters. The molecule has 1 aromatic carbocycles. The first kappa shape index (κ1) is 25.0. The number of amides is 1. The van der Waals surface area contributed by atoms with Gasteiger partial charge in [-0.1, -0.05) is 6.07 Å². The average molecular weight is 518 g/mol. The van der Waals surface area contributed by atoms with Crippen LogP contribution in [0.25, 0.3) is 0 Å². The zero-order valence-electron chi connectivity index (χ0n) is 17.5. The monoisotopic (exact) mass is 518 g/mol. The number of nitrogens with one attached hydrogen (secondary N) is 2. The van der Waals surface area contributed by atoms with E-state index < -0.39 is 5.97 Å². The number of likely N-dealkylation sites (tertiary alicyclic amines) is 1. The highest BCUT2D eigenvalue weighted by molar-refractivity contribution is 14.0. The predicted octanol–water partition coefficient (Wildman–Crippen LogP) is 2.02. The second-order valence-corrected chi connectivity index (χ2v) is 6.73. The van der Waals surface area contributed by atoms with Gasteiger partial charge in [0.15, 0.2) is 5.96 Å². The lowest BCUT2D eigenvalue weighted by Gasteiger charge is -2.34. The van der Waals surface area contributed by atoms with E-state index >= 15 is 0 Å². The lowest BCUT2D eigenvalue weighted by atomic mass is 9.93. The number of esters is 1. The van der Waals surface area contributed by atoms with Crippen LogP contribution in [0.3, 0.4) is 0 Å². The first-order valence-corrected chi connectivity index (χ1v) is 9.43. The van der Waals surface area contributed by atoms with E-state index in [0.717, 1.165) is 37.5 Å². The van der Waals surface area contributed by atoms with Crippen LogP contribution >= 0.6 is 24.0 Å². The van der Waals surface area contributed by atoms with Gasteiger partial charge in [-0.3, -0.25) is 9.79 Å². The minimum absolute atomic E-state index is 0. The lowest BCUT2D eigenvalue weighted by molar-refractivity contribution is -0.121. The summed E-state index contributed by atoms with van der Waals surface area (Å²) in [5.41, 5.74) is 1.33. The molecule has 2 rings (SSSR count). The molecule has 0 saturated carbocycles. The molecule has 0 unspecified atom stereocenters. The summed E-state index contributed by atoms with van der Waals surface area (Å²) in [4.78, 5) is 30.1. The fourth-order valence-corrected chi connectivity index (χ4v) is 3.36. The van der Waals surface area contributed by atoms with Gasteiger partial charge >= 0.3 is 5.97 Å². The third-order valence-corrected chi connectivity index (χ3v) is 5.00. The van der Waals surface area contributed by atoms with Gasteiger partial charge in [-0.05, 0) is 36.5 Å². The van der Waals surface area contributed by atoms with E-state index in [4.69, 9.17) is 9.47 Å². The largest absolute Gasteiger partial charge is 0.496 e. The zero-order chi connectivity index (χ0) is 20.5. The Bertz CT molecular complexity index is 718. The smallest absolute Gasteiger partial charge is 0.341 e. The topological polar surface area (TPSA) is 92.3 Å². The Morgan fingerprint density at radius 2 is 1.93 bits per heavy atom. The van der Waals surface area contributed by atoms with Crippen LogP contribution in [-0.2, 0) is 16.1 Å². The van der Waals surface area contributed by atoms with Gasteiger partial charge in [-0.25, -0.2) is 4.79 Å². The molecule has 29 heavy (non-hydrogen) atoms. The van der Waals surface area contributed by atoms with E-state index in [1.165, 1.54) is 14.2 Å². The van der Waals surface area contributed by atoms with Crippen molar-refractivity contribution in [3.8, 4) is 5.75 Å². The minimum Gasteiger partial charge on any atom is -0.496 e. The van der Waals surface area contributed by atoms with E-state index in [1.807, 2.05) is 6.07 Å². The van der Waals surface area contributed by atoms with Gasteiger partial charge in [0.25, 0.3) is 0 Å². The van der Waals surface area contributed by atoms with Crippen molar-refractivity contribution in [2.75, 3.05) is 41.4 Å². The average Bonchev–Trinajstić information content (AvgIpc) is 2.74. The van der Waals surface area contributed by atoms with Gasteiger partial charge < -0.3 is 25.0 Å². The van der Waals surface area contributed by atoms with Crippen LogP contribution < -0.4 is 15.4 Å². The number of halogens is 1. The first-order valence-electron chi connectivity index (χ1n) is 9.43. The molecule has 2 N–H and O–H groups in total. The van der Waals surface area contributed by atoms with E-state index in [2.05, 4.69) is 20.5 Å². The Morgan fingerprint density at radius 3 is 2.48 bits per heavy atom. The van der Waals surface area contributed by atoms with Crippen molar-refractivity contribution in [2.45, 2.75) is 25.8 Å². The van der Waals surface area contributed by atoms with Crippen molar-refractivity contribution in [1.82, 2.24) is 15.5 Å². The van der Waals surface area contributed by atoms with Crippen LogP contribution in [0.4, 0.5) is 0 Å². The Labute approximate surface area is 189 Å². The number of guanidine groups is 1. The van der Waals surface area contributed by atoms with Crippen molar-refractivity contribution in [2.24, 2.45) is 10.9 Å². The normalized spacial score (nSPS) is 14.6. The highest BCUT2D eigenvalue weighted by atomic mass is 127. The van der Waals surface area contributed by atoms with Gasteiger partial charge in [-0.2, -0.15) is 0 Å². The van der Waals surface area contributed by atoms with Crippen molar-refractivity contribution in [3.63, 3.8) is 0 Å². The SMILES string of the molecule is CN=C(NCc1ccc(OC)c(C(=O)OC)c1)N1CCC(CC(=O)NC)CC1.I. The number of hydrogen-bond donors (Lipinski definition) is 2. The van der Waals surface area contributed by atoms with Crippen molar-refractivity contribution < 1.29 is 19.1 Å². The molecule has 9 heteroatoms. The van der Waals surface area contributed by atoms with Gasteiger partial charge in [-0.15, -0.1) is 24.0 Å². The van der Waals surface area contributed by atoms with Crippen LogP contribution in [-0.4, -0.2) is 64.1 Å². The van der Waals surface area contributed by atoms with Gasteiger partial charge in [0.05, 0.1) is 14.2 Å². The van der Waals surface area contributed by atoms with Crippen molar-refractivity contribution >= 4 is 41.8 Å². The maximum Gasteiger partial charge on any atom is 0.341 e. The van der Waals surface area contributed by atoms with Crippen molar-refractivity contribution in [3.05, 3.63) is 29.3 Å². The summed E-state index contributed by atoms with van der Waals surface area (Å²) in [6.45, 7) is 2.24. The highest BCUT2D eigenvalue weighted by Gasteiger charge is 2.23. The van der Waals surface area contributed by atoms with Crippen molar-refractivity contribution in [1.29, 1.82) is 0 Å². The van der Waals surface area contributed by atoms with Gasteiger partial charge in [0, 0.05) is 40.2 Å². The Kier molecular flexibility index (Phi) is 10.8. The van der Waals surface area contributed by atoms with Crippen LogP contribution in [0.15, 0.2) is 23.2 Å². The van der Waals surface area contributed by atoms with Crippen LogP contribution in [0.5, 0.6) is 5.75 Å². The summed E-state index contributed by atoms with van der Waals surface area (Å²) in [5, 5.41) is 6.04.